The highest BCUT2D eigenvalue weighted by Gasteiger charge is 2.31. The maximum Gasteiger partial charge on any atom is 0.314 e. The number of aliphatic hydroxyl groups is 1. The van der Waals surface area contributed by atoms with Crippen LogP contribution in [0.25, 0.3) is 0 Å². The zero-order valence-electron chi connectivity index (χ0n) is 17.6. The molecule has 0 aromatic heterocycles. The van der Waals surface area contributed by atoms with Gasteiger partial charge in [-0.25, -0.2) is 0 Å². The predicted octanol–water partition coefficient (Wildman–Crippen LogP) is 4.84. The number of aliphatic carboxylic acids is 1. The van der Waals surface area contributed by atoms with Gasteiger partial charge in [-0.3, -0.25) is 9.59 Å². The summed E-state index contributed by atoms with van der Waals surface area (Å²) in [6, 6.07) is -0.303. The molecule has 0 spiro atoms. The molecule has 0 amide bonds. The number of unbranched alkanes of at least 4 members (excludes halogenated alkanes) is 11. The second kappa shape index (κ2) is 17.2. The molecule has 0 heterocycles. The number of nitrogens with two attached hydrogens (primary N) is 1. The van der Waals surface area contributed by atoms with E-state index < -0.39 is 23.8 Å². The van der Waals surface area contributed by atoms with Crippen molar-refractivity contribution >= 4 is 11.8 Å². The van der Waals surface area contributed by atoms with Crippen LogP contribution in [0, 0.1) is 5.92 Å². The second-order valence-electron chi connectivity index (χ2n) is 7.89. The number of carboxylic acid groups (broad SMARTS) is 1. The minimum atomic E-state index is -1.20. The Kier molecular flexibility index (Phi) is 16.6. The van der Waals surface area contributed by atoms with Crippen molar-refractivity contribution in [2.75, 3.05) is 0 Å². The lowest BCUT2D eigenvalue weighted by Gasteiger charge is -2.18. The molecule has 0 saturated heterocycles. The molecule has 27 heavy (non-hydrogen) atoms. The number of carbonyl (C=O) groups is 2. The first kappa shape index (κ1) is 26.1. The molecular formula is C22H43NO4. The summed E-state index contributed by atoms with van der Waals surface area (Å²) < 4.78 is 0. The standard InChI is InChI=1S/C22H43NO4/c1-3-5-6-7-8-9-10-11-12-13-14-15-16-18(23)17-19(22(26)27)21(25)20(24)4-2/h18-20,24H,3-17,23H2,1-2H3,(H,26,27). The van der Waals surface area contributed by atoms with Gasteiger partial charge in [-0.2, -0.15) is 0 Å². The number of carboxylic acids is 1. The highest BCUT2D eigenvalue weighted by Crippen LogP contribution is 2.17. The molecule has 0 aromatic carbocycles. The van der Waals surface area contributed by atoms with Gasteiger partial charge in [0.15, 0.2) is 5.78 Å². The van der Waals surface area contributed by atoms with Crippen LogP contribution in [-0.4, -0.2) is 34.1 Å². The quantitative estimate of drug-likeness (QED) is 0.218. The number of carbonyl (C=O) groups excluding carboxylic acids is 1. The van der Waals surface area contributed by atoms with Gasteiger partial charge in [0.1, 0.15) is 12.0 Å². The summed E-state index contributed by atoms with van der Waals surface area (Å²) in [6.45, 7) is 3.90. The lowest BCUT2D eigenvalue weighted by Crippen LogP contribution is -2.37. The summed E-state index contributed by atoms with van der Waals surface area (Å²) in [6.07, 6.45) is 15.2. The van der Waals surface area contributed by atoms with E-state index in [0.29, 0.717) is 0 Å². The fourth-order valence-corrected chi connectivity index (χ4v) is 3.44. The van der Waals surface area contributed by atoms with Crippen molar-refractivity contribution in [1.82, 2.24) is 0 Å². The molecule has 0 aliphatic carbocycles. The Hall–Kier alpha value is -0.940. The summed E-state index contributed by atoms with van der Waals surface area (Å²) in [5, 5.41) is 18.8. The number of hydrogen-bond acceptors (Lipinski definition) is 4. The fourth-order valence-electron chi connectivity index (χ4n) is 3.44. The smallest absolute Gasteiger partial charge is 0.314 e. The lowest BCUT2D eigenvalue weighted by molar-refractivity contribution is -0.149. The van der Waals surface area contributed by atoms with E-state index in [9.17, 15) is 19.8 Å². The highest BCUT2D eigenvalue weighted by molar-refractivity contribution is 6.00. The van der Waals surface area contributed by atoms with E-state index in [0.717, 1.165) is 19.3 Å². The Labute approximate surface area is 166 Å². The van der Waals surface area contributed by atoms with Crippen molar-refractivity contribution in [3.8, 4) is 0 Å². The van der Waals surface area contributed by atoms with Crippen LogP contribution in [0.2, 0.25) is 0 Å². The van der Waals surface area contributed by atoms with Crippen molar-refractivity contribution in [3.63, 3.8) is 0 Å². The molecule has 5 heteroatoms. The zero-order chi connectivity index (χ0) is 20.5. The van der Waals surface area contributed by atoms with Crippen LogP contribution < -0.4 is 5.73 Å². The highest BCUT2D eigenvalue weighted by atomic mass is 16.4. The van der Waals surface area contributed by atoms with E-state index in [4.69, 9.17) is 5.73 Å². The largest absolute Gasteiger partial charge is 0.481 e. The van der Waals surface area contributed by atoms with Gasteiger partial charge in [-0.15, -0.1) is 0 Å². The number of hydrogen-bond donors (Lipinski definition) is 3. The molecule has 0 aliphatic heterocycles. The van der Waals surface area contributed by atoms with Crippen molar-refractivity contribution in [1.29, 1.82) is 0 Å². The number of Topliss-reactive ketones (excluding diaryl/α,β-unsaturated/α-hetero) is 1. The average Bonchev–Trinajstić information content (AvgIpc) is 2.65. The first-order valence-electron chi connectivity index (χ1n) is 11.1. The topological polar surface area (TPSA) is 101 Å². The summed E-state index contributed by atoms with van der Waals surface area (Å²) in [7, 11) is 0. The van der Waals surface area contributed by atoms with Gasteiger partial charge in [0.25, 0.3) is 0 Å². The van der Waals surface area contributed by atoms with Crippen molar-refractivity contribution < 1.29 is 19.8 Å². The number of rotatable bonds is 19. The predicted molar refractivity (Wildman–Crippen MR) is 111 cm³/mol. The first-order valence-corrected chi connectivity index (χ1v) is 11.1. The molecule has 0 aromatic rings. The van der Waals surface area contributed by atoms with Crippen molar-refractivity contribution in [2.24, 2.45) is 11.7 Å². The molecular weight excluding hydrogens is 342 g/mol. The molecule has 3 atom stereocenters. The molecule has 0 bridgehead atoms. The monoisotopic (exact) mass is 385 g/mol. The van der Waals surface area contributed by atoms with Gasteiger partial charge in [-0.05, 0) is 19.3 Å². The van der Waals surface area contributed by atoms with E-state index in [1.807, 2.05) is 0 Å². The molecule has 3 unspecified atom stereocenters. The Morgan fingerprint density at radius 3 is 1.67 bits per heavy atom. The Balaban J connectivity index is 3.71. The van der Waals surface area contributed by atoms with Gasteiger partial charge in [0, 0.05) is 6.04 Å². The molecule has 5 nitrogen and oxygen atoms in total. The third-order valence-corrected chi connectivity index (χ3v) is 5.32. The van der Waals surface area contributed by atoms with E-state index in [2.05, 4.69) is 6.92 Å². The maximum atomic E-state index is 11.9. The van der Waals surface area contributed by atoms with Crippen LogP contribution >= 0.6 is 0 Å². The molecule has 0 rings (SSSR count). The summed E-state index contributed by atoms with van der Waals surface area (Å²) in [4.78, 5) is 23.2. The number of aliphatic hydroxyl groups excluding tert-OH is 1. The van der Waals surface area contributed by atoms with Crippen LogP contribution in [-0.2, 0) is 9.59 Å². The molecule has 4 N–H and O–H groups in total. The normalized spacial score (nSPS) is 14.7. The molecule has 0 aliphatic rings. The third-order valence-electron chi connectivity index (χ3n) is 5.32. The Morgan fingerprint density at radius 2 is 1.26 bits per heavy atom. The van der Waals surface area contributed by atoms with E-state index >= 15 is 0 Å². The van der Waals surface area contributed by atoms with Gasteiger partial charge in [0.2, 0.25) is 0 Å². The Morgan fingerprint density at radius 1 is 0.815 bits per heavy atom. The number of ketones is 1. The van der Waals surface area contributed by atoms with Crippen LogP contribution in [0.3, 0.4) is 0 Å². The van der Waals surface area contributed by atoms with Crippen molar-refractivity contribution in [3.05, 3.63) is 0 Å². The zero-order valence-corrected chi connectivity index (χ0v) is 17.6. The minimum Gasteiger partial charge on any atom is -0.481 e. The minimum absolute atomic E-state index is 0.114. The molecule has 0 saturated carbocycles. The second-order valence-corrected chi connectivity index (χ2v) is 7.89. The van der Waals surface area contributed by atoms with Gasteiger partial charge in [-0.1, -0.05) is 90.9 Å². The fraction of sp³-hybridized carbons (Fsp3) is 0.909. The van der Waals surface area contributed by atoms with Gasteiger partial charge < -0.3 is 15.9 Å². The summed E-state index contributed by atoms with van der Waals surface area (Å²) >= 11 is 0. The van der Waals surface area contributed by atoms with E-state index in [1.54, 1.807) is 6.92 Å². The van der Waals surface area contributed by atoms with Crippen LogP contribution in [0.5, 0.6) is 0 Å². The van der Waals surface area contributed by atoms with E-state index in [1.165, 1.54) is 64.2 Å². The average molecular weight is 386 g/mol. The van der Waals surface area contributed by atoms with Gasteiger partial charge in [0.05, 0.1) is 0 Å². The Bertz CT molecular complexity index is 387. The molecule has 160 valence electrons. The van der Waals surface area contributed by atoms with Crippen LogP contribution in [0.15, 0.2) is 0 Å². The first-order chi connectivity index (χ1) is 12.9. The lowest BCUT2D eigenvalue weighted by atomic mass is 9.90. The van der Waals surface area contributed by atoms with Crippen LogP contribution in [0.1, 0.15) is 110 Å². The van der Waals surface area contributed by atoms with E-state index in [-0.39, 0.29) is 18.9 Å². The summed E-state index contributed by atoms with van der Waals surface area (Å²) in [5.74, 6) is -2.99. The third kappa shape index (κ3) is 13.8. The molecule has 0 radical (unpaired) electrons. The van der Waals surface area contributed by atoms with Gasteiger partial charge >= 0.3 is 5.97 Å². The SMILES string of the molecule is CCCCCCCCCCCCCCC(N)CC(C(=O)O)C(=O)C(O)CC. The summed E-state index contributed by atoms with van der Waals surface area (Å²) in [5.41, 5.74) is 6.02. The van der Waals surface area contributed by atoms with Crippen molar-refractivity contribution in [2.45, 2.75) is 122 Å². The maximum absolute atomic E-state index is 11.9. The molecule has 0 fully saturated rings. The van der Waals surface area contributed by atoms with Crippen LogP contribution in [0.4, 0.5) is 0 Å².